The second kappa shape index (κ2) is 7.12. The summed E-state index contributed by atoms with van der Waals surface area (Å²) in [5, 5.41) is 5.01. The van der Waals surface area contributed by atoms with Gasteiger partial charge in [-0.1, -0.05) is 11.6 Å². The topological polar surface area (TPSA) is 68.3 Å². The van der Waals surface area contributed by atoms with Gasteiger partial charge in [0.1, 0.15) is 10.8 Å². The van der Waals surface area contributed by atoms with E-state index in [9.17, 15) is 9.59 Å². The average molecular weight is 379 g/mol. The summed E-state index contributed by atoms with van der Waals surface area (Å²) >= 11 is 8.67. The molecule has 1 aromatic carbocycles. The number of carbonyl (C=O) groups excluding carboxylic acids is 2. The number of carbonyl (C=O) groups is 2. The van der Waals surface area contributed by atoms with E-state index in [1.807, 2.05) is 6.07 Å². The van der Waals surface area contributed by atoms with Gasteiger partial charge < -0.3 is 10.1 Å². The average Bonchev–Trinajstić information content (AvgIpc) is 3.17. The molecule has 0 bridgehead atoms. The number of thiazole rings is 1. The first-order chi connectivity index (χ1) is 11.5. The third-order valence-corrected chi connectivity index (χ3v) is 5.13. The van der Waals surface area contributed by atoms with Crippen LogP contribution in [0.1, 0.15) is 17.4 Å². The van der Waals surface area contributed by atoms with Crippen LogP contribution in [-0.4, -0.2) is 16.9 Å². The maximum atomic E-state index is 12.2. The van der Waals surface area contributed by atoms with E-state index in [0.29, 0.717) is 15.8 Å². The van der Waals surface area contributed by atoms with E-state index in [4.69, 9.17) is 16.3 Å². The molecule has 3 rings (SSSR count). The molecule has 3 aromatic rings. The van der Waals surface area contributed by atoms with Gasteiger partial charge in [-0.15, -0.1) is 22.7 Å². The Labute approximate surface area is 150 Å². The molecule has 2 heterocycles. The molecule has 0 atom stereocenters. The predicted molar refractivity (Wildman–Crippen MR) is 96.1 cm³/mol. The van der Waals surface area contributed by atoms with E-state index in [0.717, 1.165) is 9.88 Å². The zero-order chi connectivity index (χ0) is 17.1. The zero-order valence-corrected chi connectivity index (χ0v) is 14.8. The summed E-state index contributed by atoms with van der Waals surface area (Å²) in [7, 11) is 0. The van der Waals surface area contributed by atoms with E-state index < -0.39 is 5.97 Å². The molecular formula is C16H11ClN2O3S2. The number of thiophene rings is 1. The Morgan fingerprint density at radius 3 is 2.54 bits per heavy atom. The molecule has 2 aromatic heterocycles. The molecule has 0 aliphatic heterocycles. The van der Waals surface area contributed by atoms with Crippen molar-refractivity contribution in [3.8, 4) is 15.6 Å². The molecular weight excluding hydrogens is 368 g/mol. The van der Waals surface area contributed by atoms with E-state index in [1.165, 1.54) is 29.6 Å². The lowest BCUT2D eigenvalue weighted by atomic mass is 10.3. The number of halogens is 1. The third kappa shape index (κ3) is 4.00. The number of nitrogens with zero attached hydrogens (tertiary/aromatic N) is 1. The van der Waals surface area contributed by atoms with E-state index in [1.54, 1.807) is 35.7 Å². The number of esters is 1. The van der Waals surface area contributed by atoms with Crippen molar-refractivity contribution in [2.45, 2.75) is 6.92 Å². The highest BCUT2D eigenvalue weighted by atomic mass is 35.5. The molecule has 0 unspecified atom stereocenters. The van der Waals surface area contributed by atoms with Crippen LogP contribution in [-0.2, 0) is 4.79 Å². The molecule has 1 amide bonds. The fraction of sp³-hybridized carbons (Fsp3) is 0.0625. The summed E-state index contributed by atoms with van der Waals surface area (Å²) < 4.78 is 5.95. The summed E-state index contributed by atoms with van der Waals surface area (Å²) in [6.07, 6.45) is 0. The number of hydrogen-bond donors (Lipinski definition) is 1. The van der Waals surface area contributed by atoms with E-state index in [2.05, 4.69) is 10.3 Å². The Morgan fingerprint density at radius 2 is 1.92 bits per heavy atom. The summed E-state index contributed by atoms with van der Waals surface area (Å²) in [5.41, 5.74) is 0.873. The van der Waals surface area contributed by atoms with Gasteiger partial charge in [-0.25, -0.2) is 9.78 Å². The van der Waals surface area contributed by atoms with Crippen molar-refractivity contribution in [3.05, 3.63) is 51.8 Å². The van der Waals surface area contributed by atoms with Crippen molar-refractivity contribution < 1.29 is 14.3 Å². The van der Waals surface area contributed by atoms with E-state index >= 15 is 0 Å². The molecule has 5 nitrogen and oxygen atoms in total. The van der Waals surface area contributed by atoms with Crippen molar-refractivity contribution in [1.82, 2.24) is 4.98 Å². The smallest absolute Gasteiger partial charge is 0.363 e. The van der Waals surface area contributed by atoms with Gasteiger partial charge in [-0.2, -0.15) is 0 Å². The van der Waals surface area contributed by atoms with Crippen molar-refractivity contribution in [3.63, 3.8) is 0 Å². The SMILES string of the molecule is CC(=O)Nc1ccc(OC(=O)c2csc(-c3ccc(Cl)s3)n2)cc1. The van der Waals surface area contributed by atoms with Crippen LogP contribution in [0.5, 0.6) is 5.75 Å². The second-order valence-corrected chi connectivity index (χ2v) is 7.31. The number of ether oxygens (including phenoxy) is 1. The predicted octanol–water partition coefficient (Wildman–Crippen LogP) is 4.70. The summed E-state index contributed by atoms with van der Waals surface area (Å²) in [6, 6.07) is 10.2. The van der Waals surface area contributed by atoms with Crippen LogP contribution >= 0.6 is 34.3 Å². The van der Waals surface area contributed by atoms with Crippen LogP contribution in [0, 0.1) is 0 Å². The van der Waals surface area contributed by atoms with Crippen molar-refractivity contribution in [2.24, 2.45) is 0 Å². The lowest BCUT2D eigenvalue weighted by Gasteiger charge is -2.04. The third-order valence-electron chi connectivity index (χ3n) is 2.88. The van der Waals surface area contributed by atoms with Crippen LogP contribution in [0.2, 0.25) is 4.34 Å². The summed E-state index contributed by atoms with van der Waals surface area (Å²) in [6.45, 7) is 1.43. The summed E-state index contributed by atoms with van der Waals surface area (Å²) in [4.78, 5) is 28.3. The van der Waals surface area contributed by atoms with Crippen molar-refractivity contribution in [1.29, 1.82) is 0 Å². The lowest BCUT2D eigenvalue weighted by Crippen LogP contribution is -2.09. The quantitative estimate of drug-likeness (QED) is 0.527. The minimum Gasteiger partial charge on any atom is -0.422 e. The summed E-state index contributed by atoms with van der Waals surface area (Å²) in [5.74, 6) is -0.321. The monoisotopic (exact) mass is 378 g/mol. The number of amides is 1. The lowest BCUT2D eigenvalue weighted by molar-refractivity contribution is -0.114. The Morgan fingerprint density at radius 1 is 1.17 bits per heavy atom. The van der Waals surface area contributed by atoms with Gasteiger partial charge in [0.25, 0.3) is 0 Å². The van der Waals surface area contributed by atoms with Crippen LogP contribution in [0.4, 0.5) is 5.69 Å². The standard InChI is InChI=1S/C16H11ClN2O3S2/c1-9(20)18-10-2-4-11(5-3-10)22-16(21)12-8-23-15(19-12)13-6-7-14(17)24-13/h2-8H,1H3,(H,18,20). The molecule has 0 aliphatic rings. The molecule has 0 spiro atoms. The van der Waals surface area contributed by atoms with Gasteiger partial charge in [-0.05, 0) is 36.4 Å². The first kappa shape index (κ1) is 16.6. The van der Waals surface area contributed by atoms with Gasteiger partial charge in [0.2, 0.25) is 5.91 Å². The Kier molecular flexibility index (Phi) is 4.94. The maximum Gasteiger partial charge on any atom is 0.363 e. The molecule has 0 saturated heterocycles. The molecule has 0 aliphatic carbocycles. The Balaban J connectivity index is 1.69. The van der Waals surface area contributed by atoms with Crippen molar-refractivity contribution in [2.75, 3.05) is 5.32 Å². The van der Waals surface area contributed by atoms with Crippen LogP contribution < -0.4 is 10.1 Å². The first-order valence-electron chi connectivity index (χ1n) is 6.82. The van der Waals surface area contributed by atoms with Gasteiger partial charge in [-0.3, -0.25) is 4.79 Å². The zero-order valence-electron chi connectivity index (χ0n) is 12.4. The van der Waals surface area contributed by atoms with Crippen LogP contribution in [0.3, 0.4) is 0 Å². The number of benzene rings is 1. The highest BCUT2D eigenvalue weighted by molar-refractivity contribution is 7.23. The number of aromatic nitrogens is 1. The van der Waals surface area contributed by atoms with Gasteiger partial charge in [0.15, 0.2) is 5.69 Å². The maximum absolute atomic E-state index is 12.2. The number of hydrogen-bond acceptors (Lipinski definition) is 6. The molecule has 1 N–H and O–H groups in total. The fourth-order valence-corrected chi connectivity index (χ4v) is 3.78. The van der Waals surface area contributed by atoms with Gasteiger partial charge >= 0.3 is 5.97 Å². The Bertz CT molecular complexity index is 887. The highest BCUT2D eigenvalue weighted by Gasteiger charge is 2.15. The van der Waals surface area contributed by atoms with Crippen LogP contribution in [0.25, 0.3) is 9.88 Å². The van der Waals surface area contributed by atoms with Gasteiger partial charge in [0.05, 0.1) is 9.21 Å². The normalized spacial score (nSPS) is 10.4. The molecule has 24 heavy (non-hydrogen) atoms. The van der Waals surface area contributed by atoms with Crippen molar-refractivity contribution >= 4 is 51.8 Å². The van der Waals surface area contributed by atoms with Gasteiger partial charge in [0, 0.05) is 18.0 Å². The number of anilines is 1. The molecule has 0 saturated carbocycles. The molecule has 8 heteroatoms. The second-order valence-electron chi connectivity index (χ2n) is 4.74. The number of nitrogens with one attached hydrogen (secondary N) is 1. The van der Waals surface area contributed by atoms with Crippen LogP contribution in [0.15, 0.2) is 41.8 Å². The minimum atomic E-state index is -0.535. The minimum absolute atomic E-state index is 0.163. The Hall–Kier alpha value is -2.22. The first-order valence-corrected chi connectivity index (χ1v) is 8.90. The van der Waals surface area contributed by atoms with E-state index in [-0.39, 0.29) is 11.6 Å². The molecule has 122 valence electrons. The molecule has 0 radical (unpaired) electrons. The largest absolute Gasteiger partial charge is 0.422 e. The fourth-order valence-electron chi connectivity index (χ4n) is 1.88. The molecule has 0 fully saturated rings. The number of rotatable bonds is 4. The highest BCUT2D eigenvalue weighted by Crippen LogP contribution is 2.33.